The van der Waals surface area contributed by atoms with Crippen molar-refractivity contribution in [3.05, 3.63) is 70.6 Å². The number of anilines is 1. The van der Waals surface area contributed by atoms with E-state index < -0.39 is 6.04 Å². The number of carbonyl (C=O) groups is 3. The minimum absolute atomic E-state index is 0.0171. The molecule has 0 bridgehead atoms. The highest BCUT2D eigenvalue weighted by Crippen LogP contribution is 2.20. The molecule has 0 radical (unpaired) electrons. The van der Waals surface area contributed by atoms with E-state index in [2.05, 4.69) is 15.6 Å². The van der Waals surface area contributed by atoms with Crippen LogP contribution in [0.4, 0.5) is 5.13 Å². The summed E-state index contributed by atoms with van der Waals surface area (Å²) in [5.41, 5.74) is 1.76. The smallest absolute Gasteiger partial charge is 0.308 e. The normalized spacial score (nSPS) is 11.5. The van der Waals surface area contributed by atoms with Crippen LogP contribution in [0.5, 0.6) is 0 Å². The number of nitrogens with zero attached hydrogens (tertiary/aromatic N) is 1. The SMILES string of the molecule is CCOC(=O)CC(NC(=O)Cc1csc(NC(=O)c2ccoc2C)n1)c1ccccc1. The minimum atomic E-state index is -0.505. The van der Waals surface area contributed by atoms with Gasteiger partial charge in [0.25, 0.3) is 5.91 Å². The molecule has 1 unspecified atom stereocenters. The lowest BCUT2D eigenvalue weighted by Gasteiger charge is -2.18. The van der Waals surface area contributed by atoms with E-state index in [-0.39, 0.29) is 37.2 Å². The van der Waals surface area contributed by atoms with Gasteiger partial charge in [0.1, 0.15) is 5.76 Å². The van der Waals surface area contributed by atoms with Gasteiger partial charge in [-0.3, -0.25) is 19.7 Å². The van der Waals surface area contributed by atoms with E-state index in [0.29, 0.717) is 22.1 Å². The number of aromatic nitrogens is 1. The number of ether oxygens (including phenoxy) is 1. The van der Waals surface area contributed by atoms with Crippen LogP contribution in [-0.4, -0.2) is 29.4 Å². The number of aryl methyl sites for hydroxylation is 1. The Hall–Kier alpha value is -3.46. The first-order valence-electron chi connectivity index (χ1n) is 9.76. The number of esters is 1. The molecular weight excluding hydrogens is 418 g/mol. The molecule has 31 heavy (non-hydrogen) atoms. The third-order valence-electron chi connectivity index (χ3n) is 4.43. The summed E-state index contributed by atoms with van der Waals surface area (Å²) in [6.07, 6.45) is 1.50. The van der Waals surface area contributed by atoms with Crippen molar-refractivity contribution in [2.75, 3.05) is 11.9 Å². The second-order valence-electron chi connectivity index (χ2n) is 6.71. The maximum Gasteiger partial charge on any atom is 0.308 e. The zero-order valence-electron chi connectivity index (χ0n) is 17.2. The lowest BCUT2D eigenvalue weighted by molar-refractivity contribution is -0.143. The molecule has 3 aromatic rings. The molecule has 2 heterocycles. The van der Waals surface area contributed by atoms with Crippen molar-refractivity contribution in [3.63, 3.8) is 0 Å². The van der Waals surface area contributed by atoms with Crippen LogP contribution in [-0.2, 0) is 20.7 Å². The molecule has 0 aliphatic carbocycles. The summed E-state index contributed by atoms with van der Waals surface area (Å²) in [4.78, 5) is 41.1. The van der Waals surface area contributed by atoms with Crippen LogP contribution >= 0.6 is 11.3 Å². The number of benzene rings is 1. The number of thiazole rings is 1. The van der Waals surface area contributed by atoms with E-state index >= 15 is 0 Å². The molecule has 3 rings (SSSR count). The first kappa shape index (κ1) is 22.2. The molecule has 0 saturated heterocycles. The van der Waals surface area contributed by atoms with Crippen molar-refractivity contribution < 1.29 is 23.5 Å². The third-order valence-corrected chi connectivity index (χ3v) is 5.24. The van der Waals surface area contributed by atoms with Crippen molar-refractivity contribution in [1.29, 1.82) is 0 Å². The Morgan fingerprint density at radius 1 is 1.19 bits per heavy atom. The summed E-state index contributed by atoms with van der Waals surface area (Å²) in [6.45, 7) is 3.71. The maximum absolute atomic E-state index is 12.6. The molecule has 0 saturated carbocycles. The Morgan fingerprint density at radius 2 is 1.97 bits per heavy atom. The molecule has 162 valence electrons. The molecule has 0 aliphatic heterocycles. The predicted molar refractivity (Wildman–Crippen MR) is 116 cm³/mol. The molecule has 0 fully saturated rings. The van der Waals surface area contributed by atoms with Gasteiger partial charge in [0.2, 0.25) is 5.91 Å². The van der Waals surface area contributed by atoms with Crippen molar-refractivity contribution >= 4 is 34.3 Å². The van der Waals surface area contributed by atoms with Crippen LogP contribution in [0, 0.1) is 6.92 Å². The van der Waals surface area contributed by atoms with Gasteiger partial charge in [0.15, 0.2) is 5.13 Å². The van der Waals surface area contributed by atoms with Gasteiger partial charge < -0.3 is 14.5 Å². The number of amides is 2. The topological polar surface area (TPSA) is 111 Å². The van der Waals surface area contributed by atoms with Gasteiger partial charge in [-0.2, -0.15) is 0 Å². The van der Waals surface area contributed by atoms with Gasteiger partial charge in [-0.25, -0.2) is 4.98 Å². The number of hydrogen-bond acceptors (Lipinski definition) is 7. The summed E-state index contributed by atoms with van der Waals surface area (Å²) in [5, 5.41) is 7.67. The van der Waals surface area contributed by atoms with E-state index in [9.17, 15) is 14.4 Å². The zero-order chi connectivity index (χ0) is 22.2. The van der Waals surface area contributed by atoms with Crippen molar-refractivity contribution in [2.45, 2.75) is 32.7 Å². The van der Waals surface area contributed by atoms with Gasteiger partial charge in [-0.15, -0.1) is 11.3 Å². The Kier molecular flexibility index (Phi) is 7.55. The first-order valence-corrected chi connectivity index (χ1v) is 10.6. The Morgan fingerprint density at radius 3 is 2.65 bits per heavy atom. The molecule has 9 heteroatoms. The van der Waals surface area contributed by atoms with Crippen LogP contribution in [0.15, 0.2) is 52.5 Å². The number of rotatable bonds is 9. The standard InChI is InChI=1S/C22H23N3O5S/c1-3-29-20(27)12-18(15-7-5-4-6-8-15)24-19(26)11-16-13-31-22(23-16)25-21(28)17-9-10-30-14(17)2/h4-10,13,18H,3,11-12H2,1-2H3,(H,24,26)(H,23,25,28). The Balaban J connectivity index is 1.61. The monoisotopic (exact) mass is 441 g/mol. The van der Waals surface area contributed by atoms with Crippen molar-refractivity contribution in [3.8, 4) is 0 Å². The quantitative estimate of drug-likeness (QED) is 0.491. The Labute approximate surface area is 183 Å². The average Bonchev–Trinajstić information content (AvgIpc) is 3.37. The minimum Gasteiger partial charge on any atom is -0.469 e. The number of hydrogen-bond donors (Lipinski definition) is 2. The Bertz CT molecular complexity index is 1040. The van der Waals surface area contributed by atoms with Gasteiger partial charge >= 0.3 is 5.97 Å². The fourth-order valence-corrected chi connectivity index (χ4v) is 3.67. The maximum atomic E-state index is 12.6. The van der Waals surface area contributed by atoms with E-state index in [1.54, 1.807) is 25.3 Å². The summed E-state index contributed by atoms with van der Waals surface area (Å²) < 4.78 is 10.2. The van der Waals surface area contributed by atoms with Crippen molar-refractivity contribution in [1.82, 2.24) is 10.3 Å². The summed E-state index contributed by atoms with van der Waals surface area (Å²) >= 11 is 1.23. The lowest BCUT2D eigenvalue weighted by atomic mass is 10.0. The van der Waals surface area contributed by atoms with Crippen LogP contribution in [0.1, 0.15) is 46.8 Å². The fraction of sp³-hybridized carbons (Fsp3) is 0.273. The second-order valence-corrected chi connectivity index (χ2v) is 7.56. The van der Waals surface area contributed by atoms with Gasteiger partial charge in [0.05, 0.1) is 43.0 Å². The number of carbonyl (C=O) groups excluding carboxylic acids is 3. The fourth-order valence-electron chi connectivity index (χ4n) is 2.96. The highest BCUT2D eigenvalue weighted by atomic mass is 32.1. The van der Waals surface area contributed by atoms with Gasteiger partial charge in [0, 0.05) is 5.38 Å². The second kappa shape index (κ2) is 10.5. The number of furan rings is 1. The molecule has 1 aromatic carbocycles. The first-order chi connectivity index (χ1) is 15.0. The molecule has 0 spiro atoms. The molecular formula is C22H23N3O5S. The third kappa shape index (κ3) is 6.26. The van der Waals surface area contributed by atoms with Gasteiger partial charge in [-0.1, -0.05) is 30.3 Å². The van der Waals surface area contributed by atoms with E-state index in [4.69, 9.17) is 9.15 Å². The zero-order valence-corrected chi connectivity index (χ0v) is 18.0. The summed E-state index contributed by atoms with van der Waals surface area (Å²) in [5.74, 6) is -0.478. The van der Waals surface area contributed by atoms with Crippen LogP contribution < -0.4 is 10.6 Å². The highest BCUT2D eigenvalue weighted by Gasteiger charge is 2.20. The van der Waals surface area contributed by atoms with E-state index in [0.717, 1.165) is 5.56 Å². The highest BCUT2D eigenvalue weighted by molar-refractivity contribution is 7.14. The summed E-state index contributed by atoms with van der Waals surface area (Å²) in [7, 11) is 0. The van der Waals surface area contributed by atoms with E-state index in [1.165, 1.54) is 17.6 Å². The molecule has 2 aromatic heterocycles. The largest absolute Gasteiger partial charge is 0.469 e. The van der Waals surface area contributed by atoms with Crippen molar-refractivity contribution in [2.24, 2.45) is 0 Å². The van der Waals surface area contributed by atoms with Crippen LogP contribution in [0.25, 0.3) is 0 Å². The van der Waals surface area contributed by atoms with Crippen LogP contribution in [0.2, 0.25) is 0 Å². The predicted octanol–water partition coefficient (Wildman–Crippen LogP) is 3.65. The molecule has 1 atom stereocenters. The van der Waals surface area contributed by atoms with E-state index in [1.807, 2.05) is 30.3 Å². The average molecular weight is 442 g/mol. The molecule has 0 aliphatic rings. The summed E-state index contributed by atoms with van der Waals surface area (Å²) in [6, 6.07) is 10.3. The lowest BCUT2D eigenvalue weighted by Crippen LogP contribution is -2.31. The molecule has 2 amide bonds. The van der Waals surface area contributed by atoms with Crippen LogP contribution in [0.3, 0.4) is 0 Å². The number of nitrogens with one attached hydrogen (secondary N) is 2. The molecule has 2 N–H and O–H groups in total. The van der Waals surface area contributed by atoms with Gasteiger partial charge in [-0.05, 0) is 25.5 Å². The molecule has 8 nitrogen and oxygen atoms in total.